The minimum absolute atomic E-state index is 0.0402. The topological polar surface area (TPSA) is 124 Å². The Bertz CT molecular complexity index is 922. The number of hydrogen-bond acceptors (Lipinski definition) is 7. The van der Waals surface area contributed by atoms with Crippen LogP contribution in [0, 0.1) is 33.8 Å². The maximum atomic E-state index is 12.7. The van der Waals surface area contributed by atoms with E-state index in [4.69, 9.17) is 4.74 Å². The van der Waals surface area contributed by atoms with Crippen LogP contribution in [0.3, 0.4) is 0 Å². The van der Waals surface area contributed by atoms with Gasteiger partial charge in [-0.15, -0.1) is 0 Å². The molecule has 2 bridgehead atoms. The van der Waals surface area contributed by atoms with E-state index in [1.165, 1.54) is 31.2 Å². The van der Waals surface area contributed by atoms with Gasteiger partial charge in [-0.25, -0.2) is 4.79 Å². The van der Waals surface area contributed by atoms with Gasteiger partial charge in [0.25, 0.3) is 5.69 Å². The highest BCUT2D eigenvalue weighted by Crippen LogP contribution is 2.52. The molecule has 2 fully saturated rings. The van der Waals surface area contributed by atoms with Gasteiger partial charge in [0.05, 0.1) is 16.8 Å². The van der Waals surface area contributed by atoms with E-state index >= 15 is 0 Å². The van der Waals surface area contributed by atoms with Gasteiger partial charge in [0, 0.05) is 17.7 Å². The molecule has 0 aromatic heterocycles. The van der Waals surface area contributed by atoms with Crippen molar-refractivity contribution in [2.45, 2.75) is 19.4 Å². The SMILES string of the molecule is C[C@@H](C(=O)OCC(=O)c1ccc([N+](=O)[O-])cc1)N1C(=O)[C@@H]2[C@H](C1=O)[C@H]1C=C[C@@H]2C1. The van der Waals surface area contributed by atoms with Crippen LogP contribution in [0.1, 0.15) is 23.7 Å². The van der Waals surface area contributed by atoms with E-state index in [1.54, 1.807) is 0 Å². The predicted octanol–water partition coefficient (Wildman–Crippen LogP) is 1.52. The lowest BCUT2D eigenvalue weighted by atomic mass is 9.85. The molecule has 1 aromatic carbocycles. The van der Waals surface area contributed by atoms with Crippen LogP contribution in [-0.2, 0) is 19.1 Å². The van der Waals surface area contributed by atoms with Gasteiger partial charge in [0.2, 0.25) is 11.8 Å². The van der Waals surface area contributed by atoms with Crippen LogP contribution in [0.4, 0.5) is 5.69 Å². The van der Waals surface area contributed by atoms with Crippen LogP contribution in [0.25, 0.3) is 0 Å². The minimum atomic E-state index is -1.12. The van der Waals surface area contributed by atoms with Crippen molar-refractivity contribution in [3.8, 4) is 0 Å². The number of non-ortho nitro benzene ring substituents is 1. The van der Waals surface area contributed by atoms with Crippen molar-refractivity contribution < 1.29 is 28.8 Å². The van der Waals surface area contributed by atoms with Gasteiger partial charge in [-0.2, -0.15) is 0 Å². The van der Waals surface area contributed by atoms with Crippen molar-refractivity contribution >= 4 is 29.3 Å². The predicted molar refractivity (Wildman–Crippen MR) is 97.4 cm³/mol. The van der Waals surface area contributed by atoms with Crippen molar-refractivity contribution in [1.82, 2.24) is 4.90 Å². The smallest absolute Gasteiger partial charge is 0.329 e. The molecule has 5 atom stereocenters. The maximum Gasteiger partial charge on any atom is 0.329 e. The number of nitro benzene ring substituents is 1. The van der Waals surface area contributed by atoms with E-state index in [2.05, 4.69) is 0 Å². The Morgan fingerprint density at radius 1 is 1.14 bits per heavy atom. The fourth-order valence-electron chi connectivity index (χ4n) is 4.52. The molecule has 1 saturated heterocycles. The number of nitrogens with zero attached hydrogens (tertiary/aromatic N) is 2. The van der Waals surface area contributed by atoms with E-state index in [9.17, 15) is 29.3 Å². The van der Waals surface area contributed by atoms with Gasteiger partial charge in [0.1, 0.15) is 6.04 Å². The molecule has 1 aliphatic heterocycles. The second kappa shape index (κ2) is 6.91. The molecule has 1 saturated carbocycles. The molecule has 0 unspecified atom stereocenters. The average molecular weight is 398 g/mol. The summed E-state index contributed by atoms with van der Waals surface area (Å²) in [7, 11) is 0. The highest BCUT2D eigenvalue weighted by atomic mass is 16.6. The third-order valence-corrected chi connectivity index (χ3v) is 5.98. The number of imide groups is 1. The normalized spacial score (nSPS) is 27.8. The van der Waals surface area contributed by atoms with E-state index in [-0.39, 0.29) is 34.9 Å². The van der Waals surface area contributed by atoms with Crippen molar-refractivity contribution in [2.75, 3.05) is 6.61 Å². The lowest BCUT2D eigenvalue weighted by Gasteiger charge is -2.23. The molecule has 1 aromatic rings. The Hall–Kier alpha value is -3.36. The zero-order valence-electron chi connectivity index (χ0n) is 15.5. The molecule has 2 aliphatic carbocycles. The zero-order valence-corrected chi connectivity index (χ0v) is 15.5. The highest BCUT2D eigenvalue weighted by molar-refractivity contribution is 6.09. The lowest BCUT2D eigenvalue weighted by Crippen LogP contribution is -2.45. The Labute approximate surface area is 165 Å². The highest BCUT2D eigenvalue weighted by Gasteiger charge is 2.60. The summed E-state index contributed by atoms with van der Waals surface area (Å²) >= 11 is 0. The summed E-state index contributed by atoms with van der Waals surface area (Å²) in [6, 6.07) is 3.79. The van der Waals surface area contributed by atoms with Gasteiger partial charge in [-0.05, 0) is 37.3 Å². The van der Waals surface area contributed by atoms with E-state index in [0.717, 1.165) is 11.3 Å². The number of amides is 2. The Morgan fingerprint density at radius 3 is 2.21 bits per heavy atom. The van der Waals surface area contributed by atoms with Gasteiger partial charge in [0.15, 0.2) is 12.4 Å². The van der Waals surface area contributed by atoms with Crippen molar-refractivity contribution in [3.05, 3.63) is 52.1 Å². The lowest BCUT2D eigenvalue weighted by molar-refractivity contribution is -0.384. The second-order valence-corrected chi connectivity index (χ2v) is 7.56. The Kier molecular flexibility index (Phi) is 4.52. The van der Waals surface area contributed by atoms with Crippen molar-refractivity contribution in [1.29, 1.82) is 0 Å². The number of esters is 1. The first-order valence-corrected chi connectivity index (χ1v) is 9.29. The number of carbonyl (C=O) groups excluding carboxylic acids is 4. The number of ether oxygens (including phenoxy) is 1. The number of nitro groups is 1. The van der Waals surface area contributed by atoms with Crippen LogP contribution in [-0.4, -0.2) is 46.0 Å². The first-order chi connectivity index (χ1) is 13.8. The number of allylic oxidation sites excluding steroid dienone is 2. The summed E-state index contributed by atoms with van der Waals surface area (Å²) in [6.45, 7) is 0.821. The van der Waals surface area contributed by atoms with Crippen LogP contribution in [0.2, 0.25) is 0 Å². The molecular formula is C20H18N2O7. The van der Waals surface area contributed by atoms with Gasteiger partial charge in [-0.1, -0.05) is 12.2 Å². The third kappa shape index (κ3) is 3.02. The zero-order chi connectivity index (χ0) is 20.9. The third-order valence-electron chi connectivity index (χ3n) is 5.98. The first kappa shape index (κ1) is 19.0. The number of benzene rings is 1. The summed E-state index contributed by atoms with van der Waals surface area (Å²) < 4.78 is 5.01. The molecule has 29 heavy (non-hydrogen) atoms. The largest absolute Gasteiger partial charge is 0.456 e. The molecule has 4 rings (SSSR count). The van der Waals surface area contributed by atoms with E-state index in [1.807, 2.05) is 12.2 Å². The number of hydrogen-bond donors (Lipinski definition) is 0. The second-order valence-electron chi connectivity index (χ2n) is 7.56. The maximum absolute atomic E-state index is 12.7. The average Bonchev–Trinajstić information content (AvgIpc) is 3.39. The van der Waals surface area contributed by atoms with Crippen LogP contribution < -0.4 is 0 Å². The number of rotatable bonds is 6. The fourth-order valence-corrected chi connectivity index (χ4v) is 4.52. The quantitative estimate of drug-likeness (QED) is 0.178. The Balaban J connectivity index is 1.37. The van der Waals surface area contributed by atoms with Crippen LogP contribution in [0.5, 0.6) is 0 Å². The molecule has 0 radical (unpaired) electrons. The van der Waals surface area contributed by atoms with E-state index < -0.39 is 41.2 Å². The molecule has 0 N–H and O–H groups in total. The molecule has 1 heterocycles. The van der Waals surface area contributed by atoms with Gasteiger partial charge in [-0.3, -0.25) is 29.4 Å². The van der Waals surface area contributed by atoms with Gasteiger partial charge >= 0.3 is 5.97 Å². The fraction of sp³-hybridized carbons (Fsp3) is 0.400. The summed E-state index contributed by atoms with van der Waals surface area (Å²) in [5, 5.41) is 10.7. The number of fused-ring (bicyclic) bond motifs is 5. The number of likely N-dealkylation sites (tertiary alicyclic amines) is 1. The summed E-state index contributed by atoms with van der Waals surface area (Å²) in [6.07, 6.45) is 4.72. The number of Topliss-reactive ketones (excluding diaryl/α,β-unsaturated/α-hetero) is 1. The monoisotopic (exact) mass is 398 g/mol. The molecule has 9 heteroatoms. The molecule has 150 valence electrons. The molecular weight excluding hydrogens is 380 g/mol. The van der Waals surface area contributed by atoms with Crippen molar-refractivity contribution in [2.24, 2.45) is 23.7 Å². The standard InChI is InChI=1S/C20H18N2O7/c1-10(21-18(24)16-12-2-3-13(8-12)17(16)19(21)25)20(26)29-9-15(23)11-4-6-14(7-5-11)22(27)28/h2-7,10,12-13,16-17H,8-9H2,1H3/t10-,12-,13+,16+,17-/m0/s1. The molecule has 2 amide bonds. The van der Waals surface area contributed by atoms with E-state index in [0.29, 0.717) is 0 Å². The summed E-state index contributed by atoms with van der Waals surface area (Å²) in [4.78, 5) is 61.0. The summed E-state index contributed by atoms with van der Waals surface area (Å²) in [5.74, 6) is -2.84. The number of carbonyl (C=O) groups is 4. The first-order valence-electron chi connectivity index (χ1n) is 9.29. The van der Waals surface area contributed by atoms with Crippen molar-refractivity contribution in [3.63, 3.8) is 0 Å². The summed E-state index contributed by atoms with van der Waals surface area (Å²) in [5.41, 5.74) is -0.00575. The molecule has 3 aliphatic rings. The molecule has 0 spiro atoms. The molecule has 9 nitrogen and oxygen atoms in total. The van der Waals surface area contributed by atoms with Gasteiger partial charge < -0.3 is 4.74 Å². The van der Waals surface area contributed by atoms with Crippen LogP contribution in [0.15, 0.2) is 36.4 Å². The Morgan fingerprint density at radius 2 is 1.69 bits per heavy atom. The van der Waals surface area contributed by atoms with Crippen LogP contribution >= 0.6 is 0 Å². The number of ketones is 1. The minimum Gasteiger partial charge on any atom is -0.456 e.